The first kappa shape index (κ1) is 19.6. The molecule has 3 aliphatic rings. The fraction of sp³-hybridized carbons (Fsp3) is 0.391. The van der Waals surface area contributed by atoms with Crippen LogP contribution in [0.4, 0.5) is 0 Å². The second kappa shape index (κ2) is 7.61. The Bertz CT molecular complexity index is 835. The van der Waals surface area contributed by atoms with Gasteiger partial charge in [0.15, 0.2) is 12.6 Å². The molecule has 29 heavy (non-hydrogen) atoms. The van der Waals surface area contributed by atoms with E-state index in [1.807, 2.05) is 12.1 Å². The van der Waals surface area contributed by atoms with Crippen LogP contribution in [0.25, 0.3) is 0 Å². The van der Waals surface area contributed by atoms with Crippen LogP contribution < -0.4 is 0 Å². The molecule has 2 N–H and O–H groups in total. The van der Waals surface area contributed by atoms with E-state index in [9.17, 15) is 19.8 Å². The molecule has 2 bridgehead atoms. The Kier molecular flexibility index (Phi) is 5.15. The van der Waals surface area contributed by atoms with Gasteiger partial charge in [0.1, 0.15) is 6.54 Å². The number of benzene rings is 2. The van der Waals surface area contributed by atoms with Gasteiger partial charge in [-0.2, -0.15) is 0 Å². The molecule has 0 aliphatic carbocycles. The van der Waals surface area contributed by atoms with Crippen LogP contribution in [-0.4, -0.2) is 58.9 Å². The zero-order chi connectivity index (χ0) is 20.5. The summed E-state index contributed by atoms with van der Waals surface area (Å²) in [6.07, 6.45) is 1.28. The molecule has 1 atom stereocenters. The van der Waals surface area contributed by atoms with Crippen molar-refractivity contribution in [2.24, 2.45) is 5.92 Å². The summed E-state index contributed by atoms with van der Waals surface area (Å²) >= 11 is 0. The van der Waals surface area contributed by atoms with Gasteiger partial charge in [-0.3, -0.25) is 0 Å². The van der Waals surface area contributed by atoms with Crippen LogP contribution in [-0.2, 0) is 19.9 Å². The molecule has 3 fully saturated rings. The van der Waals surface area contributed by atoms with Crippen molar-refractivity contribution in [2.75, 3.05) is 26.2 Å². The van der Waals surface area contributed by atoms with Crippen LogP contribution in [0.2, 0.25) is 0 Å². The highest BCUT2D eigenvalue weighted by atomic mass is 16.6. The van der Waals surface area contributed by atoms with Gasteiger partial charge in [-0.25, -0.2) is 9.59 Å². The molecular weight excluding hydrogens is 370 g/mol. The molecule has 152 valence electrons. The summed E-state index contributed by atoms with van der Waals surface area (Å²) in [5.41, 5.74) is -1.01. The average molecular weight is 396 g/mol. The van der Waals surface area contributed by atoms with Crippen molar-refractivity contribution in [3.63, 3.8) is 0 Å². The molecular formula is C23H26NO5+. The van der Waals surface area contributed by atoms with Crippen molar-refractivity contribution in [3.05, 3.63) is 71.8 Å². The molecule has 0 spiro atoms. The monoisotopic (exact) mass is 396 g/mol. The standard InChI is InChI=1S/C23H25NO5/c25-21(26)16-24-13-11-17(12-14-24)20(15-24)29-22(27)23(28,18-7-3-1-4-8-18)19-9-5-2-6-10-19/h1-10,17,20,28H,11-16H2/p+1. The number of carboxylic acid groups (broad SMARTS) is 1. The van der Waals surface area contributed by atoms with E-state index in [0.29, 0.717) is 22.2 Å². The van der Waals surface area contributed by atoms with E-state index in [-0.39, 0.29) is 18.6 Å². The number of hydrogen-bond acceptors (Lipinski definition) is 4. The minimum atomic E-state index is -1.91. The Balaban J connectivity index is 1.62. The molecule has 0 radical (unpaired) electrons. The van der Waals surface area contributed by atoms with Crippen LogP contribution in [0.15, 0.2) is 60.7 Å². The Morgan fingerprint density at radius 2 is 1.48 bits per heavy atom. The van der Waals surface area contributed by atoms with E-state index in [2.05, 4.69) is 0 Å². The van der Waals surface area contributed by atoms with Gasteiger partial charge >= 0.3 is 11.9 Å². The lowest BCUT2D eigenvalue weighted by Gasteiger charge is -2.51. The number of fused-ring (bicyclic) bond motifs is 3. The number of quaternary nitrogens is 1. The van der Waals surface area contributed by atoms with Crippen molar-refractivity contribution in [1.29, 1.82) is 0 Å². The first-order valence-electron chi connectivity index (χ1n) is 10.0. The molecule has 0 aromatic heterocycles. The molecule has 3 saturated heterocycles. The van der Waals surface area contributed by atoms with Crippen LogP contribution in [0, 0.1) is 5.92 Å². The molecule has 0 saturated carbocycles. The van der Waals surface area contributed by atoms with E-state index >= 15 is 0 Å². The summed E-state index contributed by atoms with van der Waals surface area (Å²) in [5.74, 6) is -1.33. The number of esters is 1. The average Bonchev–Trinajstić information content (AvgIpc) is 2.74. The normalized spacial score (nSPS) is 26.1. The maximum Gasteiger partial charge on any atom is 0.359 e. The van der Waals surface area contributed by atoms with Gasteiger partial charge in [-0.15, -0.1) is 0 Å². The lowest BCUT2D eigenvalue weighted by atomic mass is 9.82. The quantitative estimate of drug-likeness (QED) is 0.578. The number of ether oxygens (including phenoxy) is 1. The lowest BCUT2D eigenvalue weighted by molar-refractivity contribution is -0.939. The predicted molar refractivity (Wildman–Crippen MR) is 106 cm³/mol. The third kappa shape index (κ3) is 3.66. The summed E-state index contributed by atoms with van der Waals surface area (Å²) in [5, 5.41) is 20.9. The van der Waals surface area contributed by atoms with Gasteiger partial charge in [0.2, 0.25) is 5.60 Å². The number of rotatable bonds is 6. The fourth-order valence-corrected chi connectivity index (χ4v) is 4.85. The van der Waals surface area contributed by atoms with Crippen LogP contribution >= 0.6 is 0 Å². The summed E-state index contributed by atoms with van der Waals surface area (Å²) in [6, 6.07) is 17.6. The highest BCUT2D eigenvalue weighted by molar-refractivity contribution is 5.85. The Labute approximate surface area is 169 Å². The van der Waals surface area contributed by atoms with E-state index < -0.39 is 17.5 Å². The maximum atomic E-state index is 13.3. The van der Waals surface area contributed by atoms with E-state index in [0.717, 1.165) is 25.9 Å². The fourth-order valence-electron chi connectivity index (χ4n) is 4.85. The van der Waals surface area contributed by atoms with Crippen molar-refractivity contribution in [3.8, 4) is 0 Å². The van der Waals surface area contributed by atoms with Crippen molar-refractivity contribution in [2.45, 2.75) is 24.5 Å². The van der Waals surface area contributed by atoms with Gasteiger partial charge in [0.25, 0.3) is 0 Å². The minimum Gasteiger partial charge on any atom is -0.477 e. The first-order chi connectivity index (χ1) is 13.9. The first-order valence-corrected chi connectivity index (χ1v) is 10.0. The van der Waals surface area contributed by atoms with Crippen LogP contribution in [0.5, 0.6) is 0 Å². The maximum absolute atomic E-state index is 13.3. The number of carbonyl (C=O) groups is 2. The second-order valence-electron chi connectivity index (χ2n) is 8.25. The Morgan fingerprint density at radius 1 is 0.966 bits per heavy atom. The third-order valence-electron chi connectivity index (χ3n) is 6.45. The van der Waals surface area contributed by atoms with Crippen molar-refractivity contribution >= 4 is 11.9 Å². The number of aliphatic carboxylic acids is 1. The van der Waals surface area contributed by atoms with Crippen molar-refractivity contribution in [1.82, 2.24) is 0 Å². The highest BCUT2D eigenvalue weighted by Crippen LogP contribution is 2.38. The number of aliphatic hydroxyl groups is 1. The zero-order valence-electron chi connectivity index (χ0n) is 16.2. The van der Waals surface area contributed by atoms with Gasteiger partial charge < -0.3 is 19.4 Å². The Morgan fingerprint density at radius 3 is 1.97 bits per heavy atom. The number of piperidine rings is 3. The molecule has 2 aromatic rings. The molecule has 3 aliphatic heterocycles. The van der Waals surface area contributed by atoms with Crippen LogP contribution in [0.1, 0.15) is 24.0 Å². The van der Waals surface area contributed by atoms with Gasteiger partial charge in [0.05, 0.1) is 13.1 Å². The molecule has 3 heterocycles. The SMILES string of the molecule is O=C(O)C[N+]12CCC(CC1)C(OC(=O)C(O)(c1ccccc1)c1ccccc1)C2. The van der Waals surface area contributed by atoms with E-state index in [1.54, 1.807) is 48.5 Å². The number of nitrogens with zero attached hydrogens (tertiary/aromatic N) is 1. The largest absolute Gasteiger partial charge is 0.477 e. The lowest BCUT2D eigenvalue weighted by Crippen LogP contribution is -2.66. The molecule has 1 unspecified atom stereocenters. The predicted octanol–water partition coefficient (Wildman–Crippen LogP) is 2.16. The Hall–Kier alpha value is -2.70. The summed E-state index contributed by atoms with van der Waals surface area (Å²) in [4.78, 5) is 24.7. The zero-order valence-corrected chi connectivity index (χ0v) is 16.2. The number of hydrogen-bond donors (Lipinski definition) is 2. The van der Waals surface area contributed by atoms with Gasteiger partial charge in [-0.05, 0) is 11.1 Å². The molecule has 6 nitrogen and oxygen atoms in total. The highest BCUT2D eigenvalue weighted by Gasteiger charge is 2.51. The molecule has 5 rings (SSSR count). The topological polar surface area (TPSA) is 83.8 Å². The summed E-state index contributed by atoms with van der Waals surface area (Å²) in [6.45, 7) is 2.13. The summed E-state index contributed by atoms with van der Waals surface area (Å²) in [7, 11) is 0. The van der Waals surface area contributed by atoms with Crippen LogP contribution in [0.3, 0.4) is 0 Å². The molecule has 6 heteroatoms. The minimum absolute atomic E-state index is 0.0441. The molecule has 0 amide bonds. The smallest absolute Gasteiger partial charge is 0.359 e. The van der Waals surface area contributed by atoms with Gasteiger partial charge in [0, 0.05) is 18.8 Å². The number of carboxylic acids is 1. The van der Waals surface area contributed by atoms with E-state index in [1.165, 1.54) is 0 Å². The second-order valence-corrected chi connectivity index (χ2v) is 8.25. The van der Waals surface area contributed by atoms with Crippen molar-refractivity contribution < 1.29 is 29.0 Å². The van der Waals surface area contributed by atoms with Gasteiger partial charge in [-0.1, -0.05) is 60.7 Å². The number of carbonyl (C=O) groups excluding carboxylic acids is 1. The summed E-state index contributed by atoms with van der Waals surface area (Å²) < 4.78 is 6.35. The third-order valence-corrected chi connectivity index (χ3v) is 6.45. The molecule has 2 aromatic carbocycles. The van der Waals surface area contributed by atoms with E-state index in [4.69, 9.17) is 4.74 Å².